The van der Waals surface area contributed by atoms with E-state index >= 15 is 0 Å². The molecule has 0 spiro atoms. The van der Waals surface area contributed by atoms with Crippen molar-refractivity contribution < 1.29 is 23.0 Å². The molecule has 33 heavy (non-hydrogen) atoms. The van der Waals surface area contributed by atoms with Crippen molar-refractivity contribution in [3.8, 4) is 34.6 Å². The number of methoxy groups -OCH3 is 2. The molecule has 0 fully saturated rings. The minimum Gasteiger partial charge on any atom is -0.496 e. The van der Waals surface area contributed by atoms with Crippen LogP contribution in [0.25, 0.3) is 17.1 Å². The molecule has 1 heterocycles. The van der Waals surface area contributed by atoms with Crippen LogP contribution in [0.4, 0.5) is 5.69 Å². The van der Waals surface area contributed by atoms with E-state index in [-0.39, 0.29) is 27.8 Å². The van der Waals surface area contributed by atoms with Gasteiger partial charge >= 0.3 is 6.01 Å². The van der Waals surface area contributed by atoms with Crippen LogP contribution < -0.4 is 14.2 Å². The molecule has 3 aromatic carbocycles. The fourth-order valence-corrected chi connectivity index (χ4v) is 4.73. The van der Waals surface area contributed by atoms with Crippen LogP contribution in [0.2, 0.25) is 5.02 Å². The third kappa shape index (κ3) is 4.30. The fourth-order valence-electron chi connectivity index (χ4n) is 3.28. The Labute approximate surface area is 195 Å². The van der Waals surface area contributed by atoms with Crippen LogP contribution in [0.15, 0.2) is 71.6 Å². The van der Waals surface area contributed by atoms with Crippen molar-refractivity contribution in [3.63, 3.8) is 0 Å². The number of halogens is 1. The molecule has 0 bridgehead atoms. The lowest BCUT2D eigenvalue weighted by molar-refractivity contribution is 0.387. The maximum absolute atomic E-state index is 13.2. The van der Waals surface area contributed by atoms with E-state index < -0.39 is 16.0 Å². The van der Waals surface area contributed by atoms with Crippen molar-refractivity contribution >= 4 is 27.3 Å². The fraction of sp³-hybridized carbons (Fsp3) is 0.0909. The molecule has 0 saturated heterocycles. The summed E-state index contributed by atoms with van der Waals surface area (Å²) in [6.07, 6.45) is 0. The number of rotatable bonds is 7. The average molecular weight is 487 g/mol. The van der Waals surface area contributed by atoms with Crippen molar-refractivity contribution in [2.45, 2.75) is 4.90 Å². The molecular formula is C22H19ClN4O5S. The van der Waals surface area contributed by atoms with Gasteiger partial charge in [-0.1, -0.05) is 47.0 Å². The molecule has 4 rings (SSSR count). The van der Waals surface area contributed by atoms with E-state index in [0.717, 1.165) is 0 Å². The number of para-hydroxylation sites is 2. The normalized spacial score (nSPS) is 11.2. The van der Waals surface area contributed by atoms with Crippen molar-refractivity contribution in [2.75, 3.05) is 18.9 Å². The van der Waals surface area contributed by atoms with E-state index in [1.165, 1.54) is 30.9 Å². The van der Waals surface area contributed by atoms with Gasteiger partial charge < -0.3 is 14.6 Å². The van der Waals surface area contributed by atoms with Crippen molar-refractivity contribution in [2.24, 2.45) is 0 Å². The van der Waals surface area contributed by atoms with Crippen molar-refractivity contribution in [3.05, 3.63) is 71.8 Å². The van der Waals surface area contributed by atoms with E-state index in [9.17, 15) is 13.5 Å². The number of anilines is 1. The van der Waals surface area contributed by atoms with Gasteiger partial charge in [-0.3, -0.25) is 4.72 Å². The van der Waals surface area contributed by atoms with Crippen LogP contribution in [0.3, 0.4) is 0 Å². The van der Waals surface area contributed by atoms with Crippen LogP contribution >= 0.6 is 11.6 Å². The molecule has 0 aliphatic carbocycles. The molecule has 0 aliphatic rings. The molecule has 0 unspecified atom stereocenters. The maximum Gasteiger partial charge on any atom is 0.319 e. The van der Waals surface area contributed by atoms with Crippen molar-refractivity contribution in [1.82, 2.24) is 14.8 Å². The molecule has 0 atom stereocenters. The number of nitrogens with zero attached hydrogens (tertiary/aromatic N) is 3. The van der Waals surface area contributed by atoms with Gasteiger partial charge in [-0.15, -0.1) is 5.10 Å². The second-order valence-corrected chi connectivity index (χ2v) is 8.84. The Bertz CT molecular complexity index is 1410. The summed E-state index contributed by atoms with van der Waals surface area (Å²) in [5.74, 6) is 0.439. The van der Waals surface area contributed by atoms with Gasteiger partial charge in [-0.2, -0.15) is 0 Å². The van der Waals surface area contributed by atoms with Gasteiger partial charge in [0.25, 0.3) is 10.0 Å². The molecule has 0 aliphatic heterocycles. The number of ether oxygens (including phenoxy) is 2. The zero-order valence-electron chi connectivity index (χ0n) is 17.6. The summed E-state index contributed by atoms with van der Waals surface area (Å²) < 4.78 is 41.1. The van der Waals surface area contributed by atoms with Crippen LogP contribution in [0.5, 0.6) is 17.5 Å². The Morgan fingerprint density at radius 1 is 0.939 bits per heavy atom. The highest BCUT2D eigenvalue weighted by molar-refractivity contribution is 7.92. The number of hydrogen-bond acceptors (Lipinski definition) is 7. The zero-order valence-corrected chi connectivity index (χ0v) is 19.1. The third-order valence-electron chi connectivity index (χ3n) is 4.78. The smallest absolute Gasteiger partial charge is 0.319 e. The number of aromatic hydroxyl groups is 1. The van der Waals surface area contributed by atoms with Crippen LogP contribution in [0, 0.1) is 0 Å². The molecule has 2 N–H and O–H groups in total. The monoisotopic (exact) mass is 486 g/mol. The molecule has 0 radical (unpaired) electrons. The quantitative estimate of drug-likeness (QED) is 0.404. The first-order valence-electron chi connectivity index (χ1n) is 9.59. The molecule has 170 valence electrons. The highest BCUT2D eigenvalue weighted by Crippen LogP contribution is 2.40. The Hall–Kier alpha value is -3.76. The second-order valence-electron chi connectivity index (χ2n) is 6.79. The van der Waals surface area contributed by atoms with Crippen LogP contribution in [0.1, 0.15) is 0 Å². The molecule has 0 saturated carbocycles. The van der Waals surface area contributed by atoms with Gasteiger partial charge in [-0.25, -0.2) is 13.0 Å². The largest absolute Gasteiger partial charge is 0.496 e. The summed E-state index contributed by atoms with van der Waals surface area (Å²) in [4.78, 5) is -0.155. The van der Waals surface area contributed by atoms with Gasteiger partial charge in [0.05, 0.1) is 30.5 Å². The molecule has 1 aromatic heterocycles. The third-order valence-corrected chi connectivity index (χ3v) is 6.50. The average Bonchev–Trinajstić information content (AvgIpc) is 3.19. The molecule has 9 nitrogen and oxygen atoms in total. The number of nitrogens with one attached hydrogen (secondary N) is 1. The van der Waals surface area contributed by atoms with Gasteiger partial charge in [0.15, 0.2) is 5.82 Å². The Kier molecular flexibility index (Phi) is 6.12. The number of benzene rings is 3. The SMILES string of the molecule is COc1cc(OC)c(S(=O)(=O)Nc2ccccc2)cc1-c1nnc(O)n1-c1ccccc1Cl. The van der Waals surface area contributed by atoms with E-state index in [0.29, 0.717) is 16.4 Å². The Morgan fingerprint density at radius 3 is 2.27 bits per heavy atom. The highest BCUT2D eigenvalue weighted by Gasteiger charge is 2.27. The lowest BCUT2D eigenvalue weighted by atomic mass is 10.1. The standard InChI is InChI=1S/C22H19ClN4O5S/c1-31-18-13-19(32-2)20(33(29,30)26-14-8-4-3-5-9-14)12-15(18)21-24-25-22(28)27(21)17-11-7-6-10-16(17)23/h3-13,26H,1-2H3,(H,25,28). The van der Waals surface area contributed by atoms with E-state index in [2.05, 4.69) is 14.9 Å². The van der Waals surface area contributed by atoms with E-state index in [4.69, 9.17) is 21.1 Å². The molecule has 4 aromatic rings. The summed E-state index contributed by atoms with van der Waals surface area (Å²) in [6.45, 7) is 0. The van der Waals surface area contributed by atoms with E-state index in [1.54, 1.807) is 54.6 Å². The van der Waals surface area contributed by atoms with Crippen LogP contribution in [-0.4, -0.2) is 42.5 Å². The topological polar surface area (TPSA) is 116 Å². The van der Waals surface area contributed by atoms with Crippen LogP contribution in [-0.2, 0) is 10.0 Å². The summed E-state index contributed by atoms with van der Waals surface area (Å²) in [6, 6.07) is 17.6. The first kappa shape index (κ1) is 22.4. The predicted molar refractivity (Wildman–Crippen MR) is 124 cm³/mol. The lowest BCUT2D eigenvalue weighted by Crippen LogP contribution is -2.14. The molecular weight excluding hydrogens is 468 g/mol. The Morgan fingerprint density at radius 2 is 1.61 bits per heavy atom. The number of sulfonamides is 1. The van der Waals surface area contributed by atoms with Gasteiger partial charge in [0, 0.05) is 11.8 Å². The number of aromatic nitrogens is 3. The lowest BCUT2D eigenvalue weighted by Gasteiger charge is -2.16. The van der Waals surface area contributed by atoms with Gasteiger partial charge in [-0.05, 0) is 30.3 Å². The van der Waals surface area contributed by atoms with Gasteiger partial charge in [0.1, 0.15) is 16.4 Å². The minimum absolute atomic E-state index is 0.0621. The van der Waals surface area contributed by atoms with E-state index in [1.807, 2.05) is 0 Å². The summed E-state index contributed by atoms with van der Waals surface area (Å²) in [5.41, 5.74) is 1.04. The highest BCUT2D eigenvalue weighted by atomic mass is 35.5. The summed E-state index contributed by atoms with van der Waals surface area (Å²) >= 11 is 6.32. The Balaban J connectivity index is 1.92. The summed E-state index contributed by atoms with van der Waals surface area (Å²) in [5, 5.41) is 18.5. The first-order valence-corrected chi connectivity index (χ1v) is 11.5. The predicted octanol–water partition coefficient (Wildman–Crippen LogP) is 4.11. The van der Waals surface area contributed by atoms with Gasteiger partial charge in [0.2, 0.25) is 0 Å². The maximum atomic E-state index is 13.2. The first-order chi connectivity index (χ1) is 15.9. The molecule has 0 amide bonds. The molecule has 11 heteroatoms. The second kappa shape index (κ2) is 9.00. The summed E-state index contributed by atoms with van der Waals surface area (Å²) in [7, 11) is -1.29. The van der Waals surface area contributed by atoms with Crippen molar-refractivity contribution in [1.29, 1.82) is 0 Å². The minimum atomic E-state index is -4.07. The zero-order chi connectivity index (χ0) is 23.6. The number of hydrogen-bond donors (Lipinski definition) is 2.